The van der Waals surface area contributed by atoms with E-state index in [1.807, 2.05) is 17.0 Å². The number of phenolic OH excluding ortho intramolecular Hbond substituents is 1. The molecule has 0 saturated heterocycles. The minimum absolute atomic E-state index is 0.00851. The molecule has 0 bridgehead atoms. The van der Waals surface area contributed by atoms with Crippen molar-refractivity contribution in [3.05, 3.63) is 58.1 Å². The number of rotatable bonds is 7. The van der Waals surface area contributed by atoms with E-state index in [0.29, 0.717) is 28.9 Å². The Bertz CT molecular complexity index is 1630. The number of likely N-dealkylation sites (N-methyl/N-ethyl adjacent to an activating group) is 1. The van der Waals surface area contributed by atoms with E-state index < -0.39 is 64.4 Å². The number of phenols is 1. The molecule has 5 N–H and O–H groups in total. The molecule has 2 aromatic rings. The van der Waals surface area contributed by atoms with Gasteiger partial charge in [-0.2, -0.15) is 5.26 Å². The van der Waals surface area contributed by atoms with Gasteiger partial charge in [-0.25, -0.2) is 0 Å². The van der Waals surface area contributed by atoms with Crippen LogP contribution in [0.3, 0.4) is 0 Å². The van der Waals surface area contributed by atoms with Crippen LogP contribution < -0.4 is 16.0 Å². The molecule has 2 fully saturated rings. The topological polar surface area (TPSA) is 194 Å². The Morgan fingerprint density at radius 3 is 2.32 bits per heavy atom. The zero-order valence-electron chi connectivity index (χ0n) is 25.0. The maximum atomic E-state index is 14.1. The second kappa shape index (κ2) is 11.2. The molecule has 230 valence electrons. The first kappa shape index (κ1) is 31.0. The van der Waals surface area contributed by atoms with Crippen LogP contribution in [0, 0.1) is 35.0 Å². The number of anilines is 1. The molecular weight excluding hydrogens is 566 g/mol. The second-order valence-corrected chi connectivity index (χ2v) is 12.4. The second-order valence-electron chi connectivity index (χ2n) is 12.4. The summed E-state index contributed by atoms with van der Waals surface area (Å²) in [4.78, 5) is 70.4. The Labute approximate surface area is 254 Å². The smallest absolute Gasteiger partial charge is 0.235 e. The van der Waals surface area contributed by atoms with Gasteiger partial charge in [0.15, 0.2) is 34.7 Å². The normalized spacial score (nSPS) is 27.8. The van der Waals surface area contributed by atoms with E-state index >= 15 is 0 Å². The van der Waals surface area contributed by atoms with Crippen LogP contribution in [0.25, 0.3) is 0 Å². The predicted octanol–water partition coefficient (Wildman–Crippen LogP) is 0.0945. The zero-order valence-corrected chi connectivity index (χ0v) is 25.0. The van der Waals surface area contributed by atoms with E-state index in [-0.39, 0.29) is 30.7 Å². The molecular formula is C32H35N5O7. The number of ketones is 4. The van der Waals surface area contributed by atoms with Crippen molar-refractivity contribution >= 4 is 34.7 Å². The third kappa shape index (κ3) is 4.68. The fourth-order valence-corrected chi connectivity index (χ4v) is 7.28. The lowest BCUT2D eigenvalue weighted by molar-refractivity contribution is -0.181. The Morgan fingerprint density at radius 1 is 1.09 bits per heavy atom. The molecule has 3 unspecified atom stereocenters. The summed E-state index contributed by atoms with van der Waals surface area (Å²) in [5.74, 6) is -10.7. The van der Waals surface area contributed by atoms with Gasteiger partial charge in [-0.05, 0) is 62.2 Å². The maximum absolute atomic E-state index is 14.1. The first-order chi connectivity index (χ1) is 20.7. The lowest BCUT2D eigenvalue weighted by atomic mass is 9.52. The monoisotopic (exact) mass is 601 g/mol. The number of fused-ring (bicyclic) bond motifs is 3. The van der Waals surface area contributed by atoms with E-state index in [2.05, 4.69) is 11.4 Å². The highest BCUT2D eigenvalue weighted by Gasteiger charge is 2.69. The van der Waals surface area contributed by atoms with E-state index in [9.17, 15) is 34.2 Å². The van der Waals surface area contributed by atoms with E-state index in [1.54, 1.807) is 46.4 Å². The third-order valence-electron chi connectivity index (χ3n) is 9.33. The maximum Gasteiger partial charge on any atom is 0.235 e. The SMILES string of the molecule is CN(C)c1cc(CNCc2ccc(C#N)cc2)c(O)c2c1C[C@@H]1C[C@@H]3C(N(C)C)C(=O)C(C(N)=O)C(=O)[C@]3(O)C(=O)C1C2=O. The van der Waals surface area contributed by atoms with Gasteiger partial charge in [0, 0.05) is 44.4 Å². The number of aromatic hydroxyl groups is 1. The summed E-state index contributed by atoms with van der Waals surface area (Å²) in [6.07, 6.45) is 0.178. The summed E-state index contributed by atoms with van der Waals surface area (Å²) in [5, 5.41) is 35.4. The van der Waals surface area contributed by atoms with E-state index in [4.69, 9.17) is 11.0 Å². The fraction of sp³-hybridized carbons (Fsp3) is 0.438. The summed E-state index contributed by atoms with van der Waals surface area (Å²) in [6.45, 7) is 0.590. The molecule has 6 atom stereocenters. The molecule has 12 heteroatoms. The van der Waals surface area contributed by atoms with Crippen molar-refractivity contribution in [3.63, 3.8) is 0 Å². The number of aliphatic hydroxyl groups is 1. The number of hydrogen-bond donors (Lipinski definition) is 4. The first-order valence-electron chi connectivity index (χ1n) is 14.3. The molecule has 0 radical (unpaired) electrons. The van der Waals surface area contributed by atoms with E-state index in [0.717, 1.165) is 5.56 Å². The number of carbonyl (C=O) groups is 5. The molecule has 3 aliphatic rings. The molecule has 12 nitrogen and oxygen atoms in total. The highest BCUT2D eigenvalue weighted by Crippen LogP contribution is 2.52. The number of amides is 1. The van der Waals surface area contributed by atoms with Crippen molar-refractivity contribution in [2.24, 2.45) is 29.4 Å². The van der Waals surface area contributed by atoms with Crippen LogP contribution in [0.2, 0.25) is 0 Å². The van der Waals surface area contributed by atoms with Crippen molar-refractivity contribution in [2.75, 3.05) is 33.1 Å². The zero-order chi connectivity index (χ0) is 32.2. The summed E-state index contributed by atoms with van der Waals surface area (Å²) >= 11 is 0. The number of benzene rings is 2. The number of primary amides is 1. The van der Waals surface area contributed by atoms with E-state index in [1.165, 1.54) is 4.90 Å². The molecule has 3 aliphatic carbocycles. The number of hydrogen-bond acceptors (Lipinski definition) is 11. The summed E-state index contributed by atoms with van der Waals surface area (Å²) < 4.78 is 0. The standard InChI is InChI=1S/C32H35N5O7/c1-36(2)21-11-18(14-35-13-16-7-5-15(12-33)6-8-16)26(38)23-19(21)9-17-10-20-25(37(3)4)28(40)24(31(34)43)30(42)32(20,44)29(41)22(17)27(23)39/h5-8,11,17,20,22,24-25,35,38,44H,9-10,13-14H2,1-4H3,(H2,34,43)/t17-,20-,22?,24?,25?,32-/m1/s1. The van der Waals surface area contributed by atoms with Crippen molar-refractivity contribution in [3.8, 4) is 11.8 Å². The summed E-state index contributed by atoms with van der Waals surface area (Å²) in [6, 6.07) is 9.71. The minimum atomic E-state index is -2.77. The van der Waals surface area contributed by atoms with Gasteiger partial charge in [-0.3, -0.25) is 28.9 Å². The molecule has 44 heavy (non-hydrogen) atoms. The van der Waals surface area contributed by atoms with Gasteiger partial charge in [-0.1, -0.05) is 12.1 Å². The lowest BCUT2D eigenvalue weighted by Crippen LogP contribution is -2.74. The van der Waals surface area contributed by atoms with Gasteiger partial charge in [0.2, 0.25) is 5.91 Å². The number of nitrogens with two attached hydrogens (primary N) is 1. The number of Topliss-reactive ketones (excluding diaryl/α,β-unsaturated/α-hetero) is 4. The van der Waals surface area contributed by atoms with Crippen LogP contribution >= 0.6 is 0 Å². The quantitative estimate of drug-likeness (QED) is 0.314. The average Bonchev–Trinajstić information content (AvgIpc) is 2.96. The van der Waals surface area contributed by atoms with Crippen LogP contribution in [0.4, 0.5) is 5.69 Å². The Balaban J connectivity index is 1.53. The Kier molecular flexibility index (Phi) is 7.92. The number of nitrogens with zero attached hydrogens (tertiary/aromatic N) is 3. The third-order valence-corrected chi connectivity index (χ3v) is 9.33. The van der Waals surface area contributed by atoms with Crippen molar-refractivity contribution in [1.82, 2.24) is 10.2 Å². The van der Waals surface area contributed by atoms with Gasteiger partial charge >= 0.3 is 0 Å². The molecule has 0 spiro atoms. The number of carbonyl (C=O) groups excluding carboxylic acids is 5. The van der Waals surface area contributed by atoms with Crippen LogP contribution in [0.15, 0.2) is 30.3 Å². The minimum Gasteiger partial charge on any atom is -0.507 e. The van der Waals surface area contributed by atoms with Crippen LogP contribution in [0.1, 0.15) is 39.0 Å². The Morgan fingerprint density at radius 2 is 1.75 bits per heavy atom. The Hall–Kier alpha value is -4.44. The lowest BCUT2D eigenvalue weighted by Gasteiger charge is -2.52. The highest BCUT2D eigenvalue weighted by atomic mass is 16.3. The van der Waals surface area contributed by atoms with Gasteiger partial charge in [-0.15, -0.1) is 0 Å². The summed E-state index contributed by atoms with van der Waals surface area (Å²) in [7, 11) is 6.70. The largest absolute Gasteiger partial charge is 0.507 e. The molecule has 0 heterocycles. The van der Waals surface area contributed by atoms with Crippen LogP contribution in [0.5, 0.6) is 5.75 Å². The fourth-order valence-electron chi connectivity index (χ4n) is 7.28. The van der Waals surface area contributed by atoms with Crippen molar-refractivity contribution < 1.29 is 34.2 Å². The van der Waals surface area contributed by atoms with Crippen LogP contribution in [-0.2, 0) is 38.7 Å². The molecule has 1 amide bonds. The van der Waals surface area contributed by atoms with Crippen molar-refractivity contribution in [2.45, 2.75) is 37.6 Å². The summed E-state index contributed by atoms with van der Waals surface area (Å²) in [5.41, 5.74) is 5.63. The average molecular weight is 602 g/mol. The highest BCUT2D eigenvalue weighted by molar-refractivity contribution is 6.32. The van der Waals surface area contributed by atoms with Gasteiger partial charge in [0.25, 0.3) is 0 Å². The van der Waals surface area contributed by atoms with Gasteiger partial charge in [0.05, 0.1) is 29.2 Å². The molecule has 0 aliphatic heterocycles. The van der Waals surface area contributed by atoms with Crippen LogP contribution in [-0.4, -0.2) is 84.0 Å². The van der Waals surface area contributed by atoms with Gasteiger partial charge in [0.1, 0.15) is 5.75 Å². The molecule has 0 aromatic heterocycles. The number of nitriles is 1. The number of nitrogens with one attached hydrogen (secondary N) is 1. The molecule has 2 aromatic carbocycles. The predicted molar refractivity (Wildman–Crippen MR) is 157 cm³/mol. The molecule has 5 rings (SSSR count). The van der Waals surface area contributed by atoms with Gasteiger partial charge < -0.3 is 26.2 Å². The molecule has 2 saturated carbocycles. The van der Waals surface area contributed by atoms with Crippen molar-refractivity contribution in [1.29, 1.82) is 5.26 Å². The first-order valence-corrected chi connectivity index (χ1v) is 14.3.